The van der Waals surface area contributed by atoms with Gasteiger partial charge >= 0.3 is 6.09 Å². The molecule has 0 unspecified atom stereocenters. The molecule has 4 atom stereocenters. The number of para-hydroxylation sites is 1. The van der Waals surface area contributed by atoms with E-state index in [1.807, 2.05) is 66.7 Å². The Morgan fingerprint density at radius 2 is 1.57 bits per heavy atom. The Morgan fingerprint density at radius 1 is 0.973 bits per heavy atom. The van der Waals surface area contributed by atoms with Gasteiger partial charge in [-0.25, -0.2) is 4.79 Å². The number of nitrogens with zero attached hydrogens (tertiary/aromatic N) is 1. The molecular weight excluding hydrogens is 466 g/mol. The van der Waals surface area contributed by atoms with Gasteiger partial charge in [-0.3, -0.25) is 10.1 Å². The molecule has 7 nitrogen and oxygen atoms in total. The first-order valence-electron chi connectivity index (χ1n) is 12.9. The Hall–Kier alpha value is -3.68. The predicted octanol–water partition coefficient (Wildman–Crippen LogP) is 4.26. The quantitative estimate of drug-likeness (QED) is 0.365. The standard InChI is InChI=1S/C30H35N3O4/c1-2-3-19-26-32-27(29(35)33(26)21-23-15-9-5-10-16-23)28(34)25(20-22-13-7-4-8-14-22)31-30(36)37-24-17-11-6-12-18-24/h4-18,25-28,32,34H,2-3,19-21H2,1H3,(H,31,36)/t25-,26-,27-,28-/m0/s1. The third kappa shape index (κ3) is 7.18. The second-order valence-electron chi connectivity index (χ2n) is 9.39. The monoisotopic (exact) mass is 501 g/mol. The lowest BCUT2D eigenvalue weighted by Gasteiger charge is -2.27. The van der Waals surface area contributed by atoms with Crippen LogP contribution in [0.5, 0.6) is 5.75 Å². The third-order valence-electron chi connectivity index (χ3n) is 6.63. The molecular formula is C30H35N3O4. The zero-order valence-corrected chi connectivity index (χ0v) is 21.1. The van der Waals surface area contributed by atoms with Crippen LogP contribution in [0.4, 0.5) is 4.79 Å². The number of nitrogens with one attached hydrogen (secondary N) is 2. The van der Waals surface area contributed by atoms with E-state index in [9.17, 15) is 14.7 Å². The van der Waals surface area contributed by atoms with E-state index in [1.165, 1.54) is 0 Å². The molecule has 0 bridgehead atoms. The van der Waals surface area contributed by atoms with Crippen molar-refractivity contribution in [3.8, 4) is 5.75 Å². The highest BCUT2D eigenvalue weighted by atomic mass is 16.6. The van der Waals surface area contributed by atoms with E-state index in [0.29, 0.717) is 18.7 Å². The number of ether oxygens (including phenoxy) is 1. The highest BCUT2D eigenvalue weighted by Crippen LogP contribution is 2.23. The first-order valence-corrected chi connectivity index (χ1v) is 12.9. The molecule has 0 spiro atoms. The predicted molar refractivity (Wildman–Crippen MR) is 143 cm³/mol. The summed E-state index contributed by atoms with van der Waals surface area (Å²) < 4.78 is 5.42. The van der Waals surface area contributed by atoms with Gasteiger partial charge in [0.05, 0.1) is 18.3 Å². The van der Waals surface area contributed by atoms with Gasteiger partial charge in [0.15, 0.2) is 0 Å². The van der Waals surface area contributed by atoms with Gasteiger partial charge < -0.3 is 20.1 Å². The maximum atomic E-state index is 13.6. The van der Waals surface area contributed by atoms with Crippen LogP contribution in [0.1, 0.15) is 37.3 Å². The van der Waals surface area contributed by atoms with Gasteiger partial charge in [-0.15, -0.1) is 0 Å². The van der Waals surface area contributed by atoms with Crippen molar-refractivity contribution < 1.29 is 19.4 Å². The van der Waals surface area contributed by atoms with Crippen LogP contribution < -0.4 is 15.4 Å². The Kier molecular flexibility index (Phi) is 9.29. The minimum absolute atomic E-state index is 0.172. The van der Waals surface area contributed by atoms with Crippen LogP contribution in [0.3, 0.4) is 0 Å². The van der Waals surface area contributed by atoms with Crippen molar-refractivity contribution in [3.63, 3.8) is 0 Å². The van der Waals surface area contributed by atoms with Crippen LogP contribution in [0.2, 0.25) is 0 Å². The van der Waals surface area contributed by atoms with Gasteiger partial charge in [0.25, 0.3) is 0 Å². The van der Waals surface area contributed by atoms with E-state index in [1.54, 1.807) is 29.2 Å². The first-order chi connectivity index (χ1) is 18.0. The molecule has 3 aromatic rings. The molecule has 0 aliphatic carbocycles. The van der Waals surface area contributed by atoms with E-state index in [2.05, 4.69) is 17.6 Å². The molecule has 3 aromatic carbocycles. The average molecular weight is 502 g/mol. The Morgan fingerprint density at radius 3 is 2.19 bits per heavy atom. The largest absolute Gasteiger partial charge is 0.412 e. The molecule has 7 heteroatoms. The van der Waals surface area contributed by atoms with E-state index in [0.717, 1.165) is 30.4 Å². The fraction of sp³-hybridized carbons (Fsp3) is 0.333. The van der Waals surface area contributed by atoms with Gasteiger partial charge in [-0.05, 0) is 36.1 Å². The summed E-state index contributed by atoms with van der Waals surface area (Å²) in [5.74, 6) is 0.227. The number of hydrogen-bond acceptors (Lipinski definition) is 5. The summed E-state index contributed by atoms with van der Waals surface area (Å²) in [4.78, 5) is 28.2. The minimum Gasteiger partial charge on any atom is -0.410 e. The number of unbranched alkanes of at least 4 members (excludes halogenated alkanes) is 1. The smallest absolute Gasteiger partial charge is 0.410 e. The summed E-state index contributed by atoms with van der Waals surface area (Å²) in [6, 6.07) is 26.6. The van der Waals surface area contributed by atoms with E-state index in [-0.39, 0.29) is 12.1 Å². The summed E-state index contributed by atoms with van der Waals surface area (Å²) in [7, 11) is 0. The highest BCUT2D eigenvalue weighted by Gasteiger charge is 2.44. The normalized spacial score (nSPS) is 18.9. The summed E-state index contributed by atoms with van der Waals surface area (Å²) >= 11 is 0. The number of hydrogen-bond donors (Lipinski definition) is 3. The lowest BCUT2D eigenvalue weighted by Crippen LogP contribution is -2.55. The second kappa shape index (κ2) is 13.0. The van der Waals surface area contributed by atoms with Crippen LogP contribution in [-0.2, 0) is 17.8 Å². The summed E-state index contributed by atoms with van der Waals surface area (Å²) in [5.41, 5.74) is 1.96. The number of benzene rings is 3. The average Bonchev–Trinajstić information content (AvgIpc) is 3.23. The SMILES string of the molecule is CCCC[C@H]1N[C@@H]([C@@H](O)[C@H](Cc2ccccc2)NC(=O)Oc2ccccc2)C(=O)N1Cc1ccccc1. The summed E-state index contributed by atoms with van der Waals surface area (Å²) in [5, 5.41) is 17.7. The Balaban J connectivity index is 1.53. The van der Waals surface area contributed by atoms with Crippen molar-refractivity contribution in [1.29, 1.82) is 0 Å². The Labute approximate surface area is 218 Å². The molecule has 37 heavy (non-hydrogen) atoms. The van der Waals surface area contributed by atoms with E-state index < -0.39 is 24.3 Å². The van der Waals surface area contributed by atoms with Crippen molar-refractivity contribution in [2.24, 2.45) is 0 Å². The molecule has 0 radical (unpaired) electrons. The topological polar surface area (TPSA) is 90.9 Å². The van der Waals surface area contributed by atoms with E-state index in [4.69, 9.17) is 4.74 Å². The van der Waals surface area contributed by atoms with Crippen molar-refractivity contribution in [1.82, 2.24) is 15.5 Å². The molecule has 1 fully saturated rings. The van der Waals surface area contributed by atoms with Crippen LogP contribution in [0.15, 0.2) is 91.0 Å². The maximum absolute atomic E-state index is 13.6. The molecule has 1 aliphatic rings. The van der Waals surface area contributed by atoms with Crippen LogP contribution in [-0.4, -0.2) is 46.4 Å². The first kappa shape index (κ1) is 26.4. The van der Waals surface area contributed by atoms with Gasteiger partial charge in [0.1, 0.15) is 11.8 Å². The fourth-order valence-electron chi connectivity index (χ4n) is 4.68. The zero-order valence-electron chi connectivity index (χ0n) is 21.1. The van der Waals surface area contributed by atoms with Gasteiger partial charge in [0, 0.05) is 6.54 Å². The zero-order chi connectivity index (χ0) is 26.0. The molecule has 1 saturated heterocycles. The number of carbonyl (C=O) groups excluding carboxylic acids is 2. The number of carbonyl (C=O) groups is 2. The number of aliphatic hydroxyl groups excluding tert-OH is 1. The molecule has 0 saturated carbocycles. The fourth-order valence-corrected chi connectivity index (χ4v) is 4.68. The van der Waals surface area contributed by atoms with E-state index >= 15 is 0 Å². The summed E-state index contributed by atoms with van der Waals surface area (Å²) in [6.45, 7) is 2.57. The van der Waals surface area contributed by atoms with Crippen LogP contribution in [0.25, 0.3) is 0 Å². The second-order valence-corrected chi connectivity index (χ2v) is 9.39. The van der Waals surface area contributed by atoms with Crippen molar-refractivity contribution in [3.05, 3.63) is 102 Å². The van der Waals surface area contributed by atoms with Gasteiger partial charge in [-0.2, -0.15) is 0 Å². The van der Waals surface area contributed by atoms with Crippen molar-refractivity contribution in [2.45, 2.75) is 63.5 Å². The van der Waals surface area contributed by atoms with Crippen molar-refractivity contribution >= 4 is 12.0 Å². The molecule has 0 aromatic heterocycles. The van der Waals surface area contributed by atoms with Gasteiger partial charge in [-0.1, -0.05) is 98.6 Å². The highest BCUT2D eigenvalue weighted by molar-refractivity contribution is 5.85. The number of rotatable bonds is 11. The summed E-state index contributed by atoms with van der Waals surface area (Å²) in [6.07, 6.45) is 1.04. The Bertz CT molecular complexity index is 1130. The molecule has 3 N–H and O–H groups in total. The molecule has 4 rings (SSSR count). The number of aliphatic hydroxyl groups is 1. The van der Waals surface area contributed by atoms with Crippen LogP contribution >= 0.6 is 0 Å². The van der Waals surface area contributed by atoms with Crippen molar-refractivity contribution in [2.75, 3.05) is 0 Å². The number of amides is 2. The third-order valence-corrected chi connectivity index (χ3v) is 6.63. The molecule has 1 aliphatic heterocycles. The molecule has 1 heterocycles. The maximum Gasteiger partial charge on any atom is 0.412 e. The molecule has 194 valence electrons. The molecule has 2 amide bonds. The minimum atomic E-state index is -1.17. The van der Waals surface area contributed by atoms with Gasteiger partial charge in [0.2, 0.25) is 5.91 Å². The van der Waals surface area contributed by atoms with Crippen LogP contribution in [0, 0.1) is 0 Å². The lowest BCUT2D eigenvalue weighted by molar-refractivity contribution is -0.133. The lowest BCUT2D eigenvalue weighted by atomic mass is 9.96.